The summed E-state index contributed by atoms with van der Waals surface area (Å²) in [5, 5.41) is 7.76. The van der Waals surface area contributed by atoms with Crippen LogP contribution in [0.25, 0.3) is 0 Å². The van der Waals surface area contributed by atoms with Crippen molar-refractivity contribution in [1.82, 2.24) is 5.43 Å². The fourth-order valence-corrected chi connectivity index (χ4v) is 1.75. The van der Waals surface area contributed by atoms with Crippen molar-refractivity contribution >= 4 is 29.1 Å². The second kappa shape index (κ2) is 7.63. The van der Waals surface area contributed by atoms with Gasteiger partial charge >= 0.3 is 6.09 Å². The van der Waals surface area contributed by atoms with Crippen molar-refractivity contribution in [3.05, 3.63) is 28.8 Å². The topological polar surface area (TPSA) is 62.7 Å². The molecule has 0 radical (unpaired) electrons. The van der Waals surface area contributed by atoms with E-state index in [2.05, 4.69) is 15.8 Å². The zero-order valence-corrected chi connectivity index (χ0v) is 12.0. The first kappa shape index (κ1) is 15.3. The molecule has 1 aromatic rings. The second-order valence-corrected chi connectivity index (χ2v) is 4.12. The van der Waals surface area contributed by atoms with Crippen LogP contribution in [0.2, 0.25) is 5.02 Å². The summed E-state index contributed by atoms with van der Waals surface area (Å²) in [5.74, 6) is 0. The van der Waals surface area contributed by atoms with Crippen molar-refractivity contribution < 1.29 is 9.53 Å². The lowest BCUT2D eigenvalue weighted by Crippen LogP contribution is -2.21. The van der Waals surface area contributed by atoms with E-state index in [1.165, 1.54) is 0 Å². The molecule has 0 saturated carbocycles. The average Bonchev–Trinajstić information content (AvgIpc) is 2.40. The lowest BCUT2D eigenvalue weighted by molar-refractivity contribution is 0.152. The van der Waals surface area contributed by atoms with Crippen LogP contribution in [0, 0.1) is 0 Å². The van der Waals surface area contributed by atoms with Crippen LogP contribution in [-0.2, 0) is 4.74 Å². The number of amides is 1. The third-order valence-electron chi connectivity index (χ3n) is 2.45. The van der Waals surface area contributed by atoms with Crippen molar-refractivity contribution in [1.29, 1.82) is 0 Å². The van der Waals surface area contributed by atoms with Gasteiger partial charge in [0.15, 0.2) is 0 Å². The molecule has 1 aromatic carbocycles. The Morgan fingerprint density at radius 1 is 1.42 bits per heavy atom. The molecule has 0 saturated heterocycles. The van der Waals surface area contributed by atoms with Crippen LogP contribution in [0.3, 0.4) is 0 Å². The Balaban J connectivity index is 2.99. The molecule has 0 unspecified atom stereocenters. The summed E-state index contributed by atoms with van der Waals surface area (Å²) in [6.07, 6.45) is 0.0861. The molecule has 0 aliphatic rings. The van der Waals surface area contributed by atoms with Gasteiger partial charge in [0.25, 0.3) is 0 Å². The monoisotopic (exact) mass is 283 g/mol. The van der Waals surface area contributed by atoms with Crippen LogP contribution in [0.5, 0.6) is 0 Å². The molecular formula is C13H18ClN3O2. The number of halogens is 1. The second-order valence-electron chi connectivity index (χ2n) is 3.68. The van der Waals surface area contributed by atoms with E-state index in [4.69, 9.17) is 16.3 Å². The largest absolute Gasteiger partial charge is 0.449 e. The molecule has 5 nitrogen and oxygen atoms in total. The van der Waals surface area contributed by atoms with Crippen LogP contribution in [0.1, 0.15) is 25.8 Å². The highest BCUT2D eigenvalue weighted by molar-refractivity contribution is 6.31. The van der Waals surface area contributed by atoms with Crippen molar-refractivity contribution in [2.24, 2.45) is 5.10 Å². The van der Waals surface area contributed by atoms with Crippen molar-refractivity contribution in [3.63, 3.8) is 0 Å². The van der Waals surface area contributed by atoms with Crippen LogP contribution < -0.4 is 10.7 Å². The van der Waals surface area contributed by atoms with Gasteiger partial charge in [-0.1, -0.05) is 18.5 Å². The number of hydrazone groups is 1. The Labute approximate surface area is 118 Å². The summed E-state index contributed by atoms with van der Waals surface area (Å²) in [6.45, 7) is 3.99. The fourth-order valence-electron chi connectivity index (χ4n) is 1.58. The van der Waals surface area contributed by atoms with E-state index in [0.717, 1.165) is 17.0 Å². The number of nitrogens with zero attached hydrogens (tertiary/aromatic N) is 1. The first-order valence-electron chi connectivity index (χ1n) is 6.09. The van der Waals surface area contributed by atoms with E-state index in [1.807, 2.05) is 26.1 Å². The highest BCUT2D eigenvalue weighted by Crippen LogP contribution is 2.22. The van der Waals surface area contributed by atoms with Crippen LogP contribution in [0.15, 0.2) is 23.3 Å². The van der Waals surface area contributed by atoms with Crippen molar-refractivity contribution in [2.45, 2.75) is 20.3 Å². The number of rotatable bonds is 5. The number of nitrogens with one attached hydrogen (secondary N) is 2. The number of ether oxygens (including phenoxy) is 1. The maximum atomic E-state index is 11.2. The zero-order valence-electron chi connectivity index (χ0n) is 11.3. The molecule has 0 bridgehead atoms. The average molecular weight is 284 g/mol. The number of carbonyl (C=O) groups excluding carboxylic acids is 1. The maximum Gasteiger partial charge on any atom is 0.427 e. The smallest absolute Gasteiger partial charge is 0.427 e. The predicted octanol–water partition coefficient (Wildman–Crippen LogP) is 3.24. The molecule has 104 valence electrons. The van der Waals surface area contributed by atoms with Gasteiger partial charge in [-0.15, -0.1) is 0 Å². The van der Waals surface area contributed by atoms with Gasteiger partial charge in [-0.3, -0.25) is 0 Å². The van der Waals surface area contributed by atoms with E-state index in [-0.39, 0.29) is 0 Å². The highest BCUT2D eigenvalue weighted by atomic mass is 35.5. The molecule has 2 N–H and O–H groups in total. The Morgan fingerprint density at radius 2 is 2.16 bits per heavy atom. The molecule has 0 aliphatic heterocycles. The summed E-state index contributed by atoms with van der Waals surface area (Å²) in [6, 6.07) is 5.47. The Morgan fingerprint density at radius 3 is 2.74 bits per heavy atom. The minimum absolute atomic E-state index is 0.307. The predicted molar refractivity (Wildman–Crippen MR) is 78.0 cm³/mol. The van der Waals surface area contributed by atoms with E-state index >= 15 is 0 Å². The molecule has 0 spiro atoms. The van der Waals surface area contributed by atoms with Gasteiger partial charge < -0.3 is 10.1 Å². The summed E-state index contributed by atoms with van der Waals surface area (Å²) in [4.78, 5) is 11.2. The van der Waals surface area contributed by atoms with Crippen molar-refractivity contribution in [3.8, 4) is 0 Å². The highest BCUT2D eigenvalue weighted by Gasteiger charge is 2.09. The van der Waals surface area contributed by atoms with Gasteiger partial charge in [0.2, 0.25) is 0 Å². The summed E-state index contributed by atoms with van der Waals surface area (Å²) < 4.78 is 4.75. The van der Waals surface area contributed by atoms with Gasteiger partial charge in [-0.25, -0.2) is 10.2 Å². The molecule has 19 heavy (non-hydrogen) atoms. The summed E-state index contributed by atoms with van der Waals surface area (Å²) in [5.41, 5.74) is 4.84. The van der Waals surface area contributed by atoms with E-state index in [1.54, 1.807) is 13.0 Å². The molecule has 0 aromatic heterocycles. The van der Waals surface area contributed by atoms with Gasteiger partial charge in [0.1, 0.15) is 0 Å². The zero-order chi connectivity index (χ0) is 14.3. The molecule has 6 heteroatoms. The Bertz CT molecular complexity index is 475. The van der Waals surface area contributed by atoms with Crippen LogP contribution >= 0.6 is 11.6 Å². The van der Waals surface area contributed by atoms with Crippen molar-refractivity contribution in [2.75, 3.05) is 19.0 Å². The molecule has 0 fully saturated rings. The van der Waals surface area contributed by atoms with Crippen LogP contribution in [0.4, 0.5) is 10.5 Å². The summed E-state index contributed by atoms with van der Waals surface area (Å²) in [7, 11) is 1.82. The normalized spacial score (nSPS) is 11.1. The minimum Gasteiger partial charge on any atom is -0.449 e. The molecule has 1 rings (SSSR count). The quantitative estimate of drug-likeness (QED) is 0.644. The molecule has 1 amide bonds. The molecule has 0 aliphatic carbocycles. The molecule has 0 atom stereocenters. The SMILES string of the molecule is CCOC(=O)N/N=C(\CC)c1cc(Cl)ccc1NC. The first-order valence-corrected chi connectivity index (χ1v) is 6.47. The lowest BCUT2D eigenvalue weighted by atomic mass is 10.1. The first-order chi connectivity index (χ1) is 9.12. The standard InChI is InChI=1S/C13H18ClN3O2/c1-4-11(16-17-13(18)19-5-2)10-8-9(14)6-7-12(10)15-3/h6-8,15H,4-5H2,1-3H3,(H,17,18)/b16-11+. The third kappa shape index (κ3) is 4.44. The molecule has 0 heterocycles. The van der Waals surface area contributed by atoms with E-state index in [0.29, 0.717) is 18.1 Å². The number of benzene rings is 1. The van der Waals surface area contributed by atoms with Crippen LogP contribution in [-0.4, -0.2) is 25.5 Å². The van der Waals surface area contributed by atoms with Gasteiger partial charge in [-0.2, -0.15) is 5.10 Å². The van der Waals surface area contributed by atoms with E-state index < -0.39 is 6.09 Å². The van der Waals surface area contributed by atoms with Gasteiger partial charge in [0.05, 0.1) is 12.3 Å². The molecular weight excluding hydrogens is 266 g/mol. The van der Waals surface area contributed by atoms with E-state index in [9.17, 15) is 4.79 Å². The third-order valence-corrected chi connectivity index (χ3v) is 2.69. The van der Waals surface area contributed by atoms with Gasteiger partial charge in [-0.05, 0) is 31.5 Å². The number of anilines is 1. The maximum absolute atomic E-state index is 11.2. The Kier molecular flexibility index (Phi) is 6.15. The Hall–Kier alpha value is -1.75. The number of hydrogen-bond donors (Lipinski definition) is 2. The minimum atomic E-state index is -0.568. The number of hydrogen-bond acceptors (Lipinski definition) is 4. The fraction of sp³-hybridized carbons (Fsp3) is 0.385. The number of carbonyl (C=O) groups is 1. The summed E-state index contributed by atoms with van der Waals surface area (Å²) >= 11 is 5.99. The lowest BCUT2D eigenvalue weighted by Gasteiger charge is -2.11. The van der Waals surface area contributed by atoms with Gasteiger partial charge in [0, 0.05) is 23.3 Å².